The van der Waals surface area contributed by atoms with Crippen molar-refractivity contribution in [2.24, 2.45) is 11.7 Å². The number of amides is 1. The summed E-state index contributed by atoms with van der Waals surface area (Å²) < 4.78 is 0. The molecule has 220 valence electrons. The molecule has 2 aromatic rings. The van der Waals surface area contributed by atoms with Crippen LogP contribution in [-0.2, 0) is 0 Å². The van der Waals surface area contributed by atoms with E-state index in [1.165, 1.54) is 62.9 Å². The summed E-state index contributed by atoms with van der Waals surface area (Å²) in [6, 6.07) is 6.98. The maximum Gasteiger partial charge on any atom is 0.271 e. The van der Waals surface area contributed by atoms with E-state index in [0.29, 0.717) is 29.9 Å². The predicted octanol–water partition coefficient (Wildman–Crippen LogP) is 5.03. The molecule has 2 aliphatic heterocycles. The molecule has 2 atom stereocenters. The fraction of sp³-hybridized carbons (Fsp3) is 0.645. The monoisotopic (exact) mass is 551 g/mol. The van der Waals surface area contributed by atoms with Crippen molar-refractivity contribution in [2.45, 2.75) is 84.6 Å². The Hall–Kier alpha value is -2.91. The molecule has 0 radical (unpaired) electrons. The first-order chi connectivity index (χ1) is 19.3. The van der Waals surface area contributed by atoms with Gasteiger partial charge in [-0.3, -0.25) is 4.79 Å². The lowest BCUT2D eigenvalue weighted by Crippen LogP contribution is -2.46. The molecule has 2 fully saturated rings. The van der Waals surface area contributed by atoms with Crippen LogP contribution in [0.5, 0.6) is 0 Å². The van der Waals surface area contributed by atoms with E-state index in [1.807, 2.05) is 13.0 Å². The van der Waals surface area contributed by atoms with E-state index in [-0.39, 0.29) is 18.2 Å². The highest BCUT2D eigenvalue weighted by molar-refractivity contribution is 5.96. The number of benzene rings is 1. The average molecular weight is 552 g/mol. The summed E-state index contributed by atoms with van der Waals surface area (Å²) in [6.07, 6.45) is 8.66. The highest BCUT2D eigenvalue weighted by Crippen LogP contribution is 2.32. The van der Waals surface area contributed by atoms with Crippen molar-refractivity contribution in [3.63, 3.8) is 0 Å². The number of hydrogen-bond donors (Lipinski definition) is 4. The van der Waals surface area contributed by atoms with Crippen LogP contribution < -0.4 is 21.3 Å². The number of carbonyl (C=O) groups is 1. The number of nitrogens with zero attached hydrogens (tertiary/aromatic N) is 4. The second-order valence-electron chi connectivity index (χ2n) is 11.7. The number of hydrogen-bond acceptors (Lipinski definition) is 8. The zero-order chi connectivity index (χ0) is 28.6. The van der Waals surface area contributed by atoms with Crippen LogP contribution in [0, 0.1) is 12.8 Å². The Morgan fingerprint density at radius 2 is 1.88 bits per heavy atom. The van der Waals surface area contributed by atoms with Gasteiger partial charge in [0.1, 0.15) is 0 Å². The van der Waals surface area contributed by atoms with Crippen LogP contribution in [0.4, 0.5) is 23.0 Å². The quantitative estimate of drug-likeness (QED) is 0.325. The molecule has 1 amide bonds. The van der Waals surface area contributed by atoms with Gasteiger partial charge in [-0.1, -0.05) is 33.6 Å². The molecule has 2 aliphatic rings. The Labute approximate surface area is 239 Å². The van der Waals surface area contributed by atoms with Gasteiger partial charge in [0, 0.05) is 43.0 Å². The van der Waals surface area contributed by atoms with Gasteiger partial charge >= 0.3 is 0 Å². The molecule has 4 rings (SSSR count). The van der Waals surface area contributed by atoms with Crippen molar-refractivity contribution in [2.75, 3.05) is 54.9 Å². The summed E-state index contributed by atoms with van der Waals surface area (Å²) in [6.45, 7) is 13.6. The van der Waals surface area contributed by atoms with Gasteiger partial charge in [-0.05, 0) is 81.8 Å². The van der Waals surface area contributed by atoms with Crippen molar-refractivity contribution in [1.29, 1.82) is 0 Å². The molecule has 1 aromatic heterocycles. The first kappa shape index (κ1) is 30.1. The Morgan fingerprint density at radius 1 is 1.10 bits per heavy atom. The maximum absolute atomic E-state index is 12.3. The highest BCUT2D eigenvalue weighted by Gasteiger charge is 2.26. The van der Waals surface area contributed by atoms with Crippen molar-refractivity contribution in [3.8, 4) is 0 Å². The topological polar surface area (TPSA) is 120 Å². The van der Waals surface area contributed by atoms with Gasteiger partial charge in [0.25, 0.3) is 5.91 Å². The standard InChI is InChI=1S/C31H49N7O2/c1-5-22(3)27-30(33-14-19-39)36-31(28(35-27)29(32)40)34-24-9-10-26(23(4)20-24)38-17-12-25(13-18-38)37-15-7-6-8-21(2)11-16-37/h9-10,20-22,25,39H,5-8,11-19H2,1-4H3,(H2,32,40)(H2,33,34,36). The Kier molecular flexibility index (Phi) is 10.6. The minimum atomic E-state index is -0.626. The lowest BCUT2D eigenvalue weighted by atomic mass is 9.95. The van der Waals surface area contributed by atoms with E-state index in [1.54, 1.807) is 0 Å². The maximum atomic E-state index is 12.3. The molecule has 3 heterocycles. The van der Waals surface area contributed by atoms with Crippen LogP contribution in [0.25, 0.3) is 0 Å². The third-order valence-corrected chi connectivity index (χ3v) is 8.72. The number of piperidine rings is 1. The van der Waals surface area contributed by atoms with Crippen molar-refractivity contribution >= 4 is 28.9 Å². The van der Waals surface area contributed by atoms with Gasteiger partial charge in [0.15, 0.2) is 17.3 Å². The zero-order valence-electron chi connectivity index (χ0n) is 24.9. The van der Waals surface area contributed by atoms with Crippen LogP contribution in [-0.4, -0.2) is 71.3 Å². The van der Waals surface area contributed by atoms with Crippen LogP contribution >= 0.6 is 0 Å². The minimum absolute atomic E-state index is 0.0307. The number of rotatable bonds is 10. The fourth-order valence-electron chi connectivity index (χ4n) is 6.06. The number of aromatic nitrogens is 2. The number of aliphatic hydroxyl groups is 1. The first-order valence-electron chi connectivity index (χ1n) is 15.2. The van der Waals surface area contributed by atoms with E-state index < -0.39 is 5.91 Å². The fourth-order valence-corrected chi connectivity index (χ4v) is 6.06. The SMILES string of the molecule is CCC(C)c1nc(C(N)=O)c(Nc2ccc(N3CCC(N4CCCCC(C)CC4)CC3)c(C)c2)nc1NCCO. The number of likely N-dealkylation sites (tertiary alicyclic amines) is 1. The van der Waals surface area contributed by atoms with Crippen LogP contribution in [0.3, 0.4) is 0 Å². The van der Waals surface area contributed by atoms with Crippen molar-refractivity contribution in [1.82, 2.24) is 14.9 Å². The molecule has 9 nitrogen and oxygen atoms in total. The number of aryl methyl sites for hydroxylation is 1. The van der Waals surface area contributed by atoms with Gasteiger partial charge in [0.05, 0.1) is 12.3 Å². The van der Waals surface area contributed by atoms with E-state index >= 15 is 0 Å². The molecule has 0 saturated carbocycles. The number of aliphatic hydroxyl groups excluding tert-OH is 1. The van der Waals surface area contributed by atoms with Crippen LogP contribution in [0.15, 0.2) is 18.2 Å². The van der Waals surface area contributed by atoms with Gasteiger partial charge in [-0.2, -0.15) is 0 Å². The number of carbonyl (C=O) groups excluding carboxylic acids is 1. The van der Waals surface area contributed by atoms with Crippen LogP contribution in [0.1, 0.15) is 93.4 Å². The Bertz CT molecular complexity index is 1130. The van der Waals surface area contributed by atoms with Crippen LogP contribution in [0.2, 0.25) is 0 Å². The molecule has 5 N–H and O–H groups in total. The number of anilines is 4. The lowest BCUT2D eigenvalue weighted by Gasteiger charge is -2.41. The van der Waals surface area contributed by atoms with Gasteiger partial charge < -0.3 is 31.3 Å². The molecule has 0 spiro atoms. The number of primary amides is 1. The first-order valence-corrected chi connectivity index (χ1v) is 15.2. The Balaban J connectivity index is 1.46. The highest BCUT2D eigenvalue weighted by atomic mass is 16.3. The zero-order valence-corrected chi connectivity index (χ0v) is 24.9. The second-order valence-corrected chi connectivity index (χ2v) is 11.7. The second kappa shape index (κ2) is 14.1. The third kappa shape index (κ3) is 7.43. The van der Waals surface area contributed by atoms with E-state index in [0.717, 1.165) is 31.1 Å². The van der Waals surface area contributed by atoms with E-state index in [4.69, 9.17) is 10.7 Å². The van der Waals surface area contributed by atoms with Gasteiger partial charge in [-0.15, -0.1) is 0 Å². The smallest absolute Gasteiger partial charge is 0.271 e. The number of nitrogens with two attached hydrogens (primary N) is 1. The normalized spacial score (nSPS) is 20.0. The summed E-state index contributed by atoms with van der Waals surface area (Å²) in [5, 5.41) is 15.8. The minimum Gasteiger partial charge on any atom is -0.395 e. The largest absolute Gasteiger partial charge is 0.395 e. The molecule has 0 aliphatic carbocycles. The molecule has 0 bridgehead atoms. The molecule has 2 unspecified atom stereocenters. The number of nitrogens with one attached hydrogen (secondary N) is 2. The lowest BCUT2D eigenvalue weighted by molar-refractivity contribution is 0.0996. The summed E-state index contributed by atoms with van der Waals surface area (Å²) in [5.41, 5.74) is 9.76. The van der Waals surface area contributed by atoms with Gasteiger partial charge in [-0.25, -0.2) is 9.97 Å². The molecular formula is C31H49N7O2. The predicted molar refractivity (Wildman–Crippen MR) is 164 cm³/mol. The van der Waals surface area contributed by atoms with Crippen molar-refractivity contribution < 1.29 is 9.90 Å². The average Bonchev–Trinajstić information content (AvgIpc) is 2.94. The Morgan fingerprint density at radius 3 is 2.55 bits per heavy atom. The van der Waals surface area contributed by atoms with E-state index in [9.17, 15) is 9.90 Å². The van der Waals surface area contributed by atoms with Gasteiger partial charge in [0.2, 0.25) is 0 Å². The summed E-state index contributed by atoms with van der Waals surface area (Å²) in [5.74, 6) is 1.18. The summed E-state index contributed by atoms with van der Waals surface area (Å²) in [4.78, 5) is 26.9. The van der Waals surface area contributed by atoms with Crippen molar-refractivity contribution in [3.05, 3.63) is 35.2 Å². The molecule has 9 heteroatoms. The molecule has 1 aromatic carbocycles. The van der Waals surface area contributed by atoms with E-state index in [2.05, 4.69) is 58.3 Å². The molecular weight excluding hydrogens is 502 g/mol. The molecule has 2 saturated heterocycles. The third-order valence-electron chi connectivity index (χ3n) is 8.72. The summed E-state index contributed by atoms with van der Waals surface area (Å²) in [7, 11) is 0. The molecule has 40 heavy (non-hydrogen) atoms. The summed E-state index contributed by atoms with van der Waals surface area (Å²) >= 11 is 0.